The summed E-state index contributed by atoms with van der Waals surface area (Å²) in [5.74, 6) is 0.809. The minimum Gasteiger partial charge on any atom is -0.349 e. The molecule has 0 aliphatic rings. The van der Waals surface area contributed by atoms with Crippen LogP contribution in [-0.2, 0) is 10.5 Å². The van der Waals surface area contributed by atoms with Crippen LogP contribution < -0.4 is 10.9 Å². The van der Waals surface area contributed by atoms with Crippen LogP contribution in [0.4, 0.5) is 0 Å². The molecular weight excluding hydrogens is 414 g/mol. The molecule has 1 N–H and O–H groups in total. The molecule has 2 aromatic carbocycles. The zero-order chi connectivity index (χ0) is 20.9. The molecule has 4 aromatic rings. The summed E-state index contributed by atoms with van der Waals surface area (Å²) in [6.45, 7) is 1.98. The van der Waals surface area contributed by atoms with Gasteiger partial charge in [0.2, 0.25) is 5.91 Å². The standard InChI is InChI=1S/C23H21N3O2S2/c1-16(17-7-9-19(10-8-17)18-5-3-2-4-6-18)24-21(27)15-29-14-20-13-22(28)26-11-12-30-23(26)25-20/h2-13,16H,14-15H2,1H3,(H,24,27)/t16-/m1/s1. The molecule has 7 heteroatoms. The minimum absolute atomic E-state index is 0.0337. The van der Waals surface area contributed by atoms with Crippen molar-refractivity contribution in [1.29, 1.82) is 0 Å². The molecule has 0 saturated heterocycles. The lowest BCUT2D eigenvalue weighted by Crippen LogP contribution is -2.28. The van der Waals surface area contributed by atoms with Crippen molar-refractivity contribution in [2.45, 2.75) is 18.7 Å². The van der Waals surface area contributed by atoms with Gasteiger partial charge in [0.25, 0.3) is 5.56 Å². The van der Waals surface area contributed by atoms with Crippen LogP contribution in [0.2, 0.25) is 0 Å². The summed E-state index contributed by atoms with van der Waals surface area (Å²) in [4.78, 5) is 29.5. The fraction of sp³-hybridized carbons (Fsp3) is 0.174. The van der Waals surface area contributed by atoms with Gasteiger partial charge in [-0.05, 0) is 23.6 Å². The van der Waals surface area contributed by atoms with Crippen LogP contribution in [0.1, 0.15) is 24.2 Å². The highest BCUT2D eigenvalue weighted by Crippen LogP contribution is 2.22. The van der Waals surface area contributed by atoms with Crippen molar-refractivity contribution in [2.75, 3.05) is 5.75 Å². The number of benzene rings is 2. The highest BCUT2D eigenvalue weighted by Gasteiger charge is 2.11. The third kappa shape index (κ3) is 4.80. The number of nitrogens with zero attached hydrogens (tertiary/aromatic N) is 2. The lowest BCUT2D eigenvalue weighted by atomic mass is 10.0. The van der Waals surface area contributed by atoms with Gasteiger partial charge in [-0.3, -0.25) is 14.0 Å². The molecule has 0 aliphatic heterocycles. The lowest BCUT2D eigenvalue weighted by Gasteiger charge is -2.15. The number of thiazole rings is 1. The van der Waals surface area contributed by atoms with Crippen molar-refractivity contribution in [3.05, 3.63) is 93.9 Å². The van der Waals surface area contributed by atoms with E-state index in [1.54, 1.807) is 6.20 Å². The molecule has 0 radical (unpaired) electrons. The van der Waals surface area contributed by atoms with Crippen LogP contribution in [0.25, 0.3) is 16.1 Å². The number of fused-ring (bicyclic) bond motifs is 1. The van der Waals surface area contributed by atoms with Gasteiger partial charge in [0, 0.05) is 23.4 Å². The van der Waals surface area contributed by atoms with Gasteiger partial charge < -0.3 is 5.32 Å². The molecule has 0 unspecified atom stereocenters. The molecule has 0 saturated carbocycles. The molecule has 2 heterocycles. The van der Waals surface area contributed by atoms with Crippen molar-refractivity contribution in [3.63, 3.8) is 0 Å². The topological polar surface area (TPSA) is 63.5 Å². The Morgan fingerprint density at radius 3 is 2.63 bits per heavy atom. The molecule has 0 bridgehead atoms. The number of rotatable bonds is 7. The van der Waals surface area contributed by atoms with Crippen molar-refractivity contribution < 1.29 is 4.79 Å². The van der Waals surface area contributed by atoms with E-state index in [0.29, 0.717) is 22.2 Å². The zero-order valence-corrected chi connectivity index (χ0v) is 18.1. The Kier molecular flexibility index (Phi) is 6.30. The first-order chi connectivity index (χ1) is 14.6. The Bertz CT molecular complexity index is 1200. The maximum Gasteiger partial charge on any atom is 0.258 e. The number of thioether (sulfide) groups is 1. The lowest BCUT2D eigenvalue weighted by molar-refractivity contribution is -0.119. The molecule has 1 amide bonds. The number of carbonyl (C=O) groups excluding carboxylic acids is 1. The van der Waals surface area contributed by atoms with Gasteiger partial charge in [-0.2, -0.15) is 0 Å². The van der Waals surface area contributed by atoms with E-state index in [9.17, 15) is 9.59 Å². The molecule has 4 rings (SSSR count). The number of hydrogen-bond acceptors (Lipinski definition) is 5. The van der Waals surface area contributed by atoms with E-state index in [4.69, 9.17) is 0 Å². The first kappa shape index (κ1) is 20.4. The van der Waals surface area contributed by atoms with Gasteiger partial charge in [-0.1, -0.05) is 54.6 Å². The third-order valence-electron chi connectivity index (χ3n) is 4.73. The van der Waals surface area contributed by atoms with Crippen LogP contribution in [0.15, 0.2) is 77.0 Å². The van der Waals surface area contributed by atoms with E-state index >= 15 is 0 Å². The molecule has 1 atom stereocenters. The van der Waals surface area contributed by atoms with Gasteiger partial charge in [0.15, 0.2) is 4.96 Å². The molecule has 152 valence electrons. The summed E-state index contributed by atoms with van der Waals surface area (Å²) in [6.07, 6.45) is 1.72. The molecule has 2 aromatic heterocycles. The maximum absolute atomic E-state index is 12.3. The SMILES string of the molecule is C[C@@H](NC(=O)CSCc1cc(=O)n2ccsc2n1)c1ccc(-c2ccccc2)cc1. The van der Waals surface area contributed by atoms with Crippen molar-refractivity contribution in [3.8, 4) is 11.1 Å². The summed E-state index contributed by atoms with van der Waals surface area (Å²) >= 11 is 2.88. The predicted molar refractivity (Wildman–Crippen MR) is 124 cm³/mol. The zero-order valence-electron chi connectivity index (χ0n) is 16.4. The average Bonchev–Trinajstić information content (AvgIpc) is 3.24. The molecule has 0 fully saturated rings. The largest absolute Gasteiger partial charge is 0.349 e. The fourth-order valence-corrected chi connectivity index (χ4v) is 4.64. The number of hydrogen-bond donors (Lipinski definition) is 1. The summed E-state index contributed by atoms with van der Waals surface area (Å²) in [5, 5.41) is 4.87. The maximum atomic E-state index is 12.3. The highest BCUT2D eigenvalue weighted by molar-refractivity contribution is 7.99. The van der Waals surface area contributed by atoms with Gasteiger partial charge >= 0.3 is 0 Å². The Labute approximate surface area is 182 Å². The Hall–Kier alpha value is -2.90. The van der Waals surface area contributed by atoms with E-state index in [1.165, 1.54) is 39.1 Å². The van der Waals surface area contributed by atoms with Gasteiger partial charge in [0.1, 0.15) is 0 Å². The van der Waals surface area contributed by atoms with Crippen LogP contribution >= 0.6 is 23.1 Å². The van der Waals surface area contributed by atoms with Crippen LogP contribution in [0, 0.1) is 0 Å². The smallest absolute Gasteiger partial charge is 0.258 e. The summed E-state index contributed by atoms with van der Waals surface area (Å²) in [7, 11) is 0. The van der Waals surface area contributed by atoms with Crippen LogP contribution in [0.3, 0.4) is 0 Å². The molecule has 5 nitrogen and oxygen atoms in total. The number of amides is 1. The second-order valence-electron chi connectivity index (χ2n) is 6.91. The van der Waals surface area contributed by atoms with Gasteiger partial charge in [-0.25, -0.2) is 4.98 Å². The number of nitrogens with one attached hydrogen (secondary N) is 1. The van der Waals surface area contributed by atoms with E-state index in [0.717, 1.165) is 11.1 Å². The van der Waals surface area contributed by atoms with Crippen molar-refractivity contribution in [1.82, 2.24) is 14.7 Å². The third-order valence-corrected chi connectivity index (χ3v) is 6.46. The molecule has 0 spiro atoms. The van der Waals surface area contributed by atoms with Gasteiger partial charge in [-0.15, -0.1) is 23.1 Å². The fourth-order valence-electron chi connectivity index (χ4n) is 3.17. The van der Waals surface area contributed by atoms with Gasteiger partial charge in [0.05, 0.1) is 17.5 Å². The first-order valence-electron chi connectivity index (χ1n) is 9.58. The van der Waals surface area contributed by atoms with Crippen LogP contribution in [-0.4, -0.2) is 21.0 Å². The predicted octanol–water partition coefficient (Wildman–Crippen LogP) is 4.53. The average molecular weight is 436 g/mol. The monoisotopic (exact) mass is 435 g/mol. The highest BCUT2D eigenvalue weighted by atomic mass is 32.2. The second kappa shape index (κ2) is 9.28. The van der Waals surface area contributed by atoms with E-state index in [2.05, 4.69) is 34.6 Å². The molecule has 0 aliphatic carbocycles. The summed E-state index contributed by atoms with van der Waals surface area (Å²) in [6, 6.07) is 19.9. The van der Waals surface area contributed by atoms with E-state index in [1.807, 2.05) is 42.6 Å². The van der Waals surface area contributed by atoms with Crippen molar-refractivity contribution >= 4 is 34.0 Å². The first-order valence-corrected chi connectivity index (χ1v) is 11.6. The quantitative estimate of drug-likeness (QED) is 0.463. The Morgan fingerprint density at radius 1 is 1.13 bits per heavy atom. The normalized spacial score (nSPS) is 12.0. The second-order valence-corrected chi connectivity index (χ2v) is 8.77. The molecule has 30 heavy (non-hydrogen) atoms. The molecular formula is C23H21N3O2S2. The summed E-state index contributed by atoms with van der Waals surface area (Å²) in [5.41, 5.74) is 4.00. The minimum atomic E-state index is -0.0890. The van der Waals surface area contributed by atoms with E-state index < -0.39 is 0 Å². The van der Waals surface area contributed by atoms with Crippen LogP contribution in [0.5, 0.6) is 0 Å². The summed E-state index contributed by atoms with van der Waals surface area (Å²) < 4.78 is 1.52. The Balaban J connectivity index is 1.29. The van der Waals surface area contributed by atoms with Crippen molar-refractivity contribution in [2.24, 2.45) is 0 Å². The number of aromatic nitrogens is 2. The Morgan fingerprint density at radius 2 is 1.87 bits per heavy atom. The van der Waals surface area contributed by atoms with E-state index in [-0.39, 0.29) is 17.5 Å². The number of carbonyl (C=O) groups is 1.